The molecule has 0 saturated carbocycles. The van der Waals surface area contributed by atoms with Gasteiger partial charge in [0.25, 0.3) is 5.91 Å². The van der Waals surface area contributed by atoms with Gasteiger partial charge in [0.2, 0.25) is 0 Å². The normalized spacial score (nSPS) is 17.4. The minimum absolute atomic E-state index is 0.131. The van der Waals surface area contributed by atoms with Crippen LogP contribution in [0.4, 0.5) is 17.1 Å². The van der Waals surface area contributed by atoms with Gasteiger partial charge in [0.05, 0.1) is 11.4 Å². The van der Waals surface area contributed by atoms with Crippen molar-refractivity contribution in [1.82, 2.24) is 0 Å². The number of nitrogens with two attached hydrogens (primary N) is 1. The minimum Gasteiger partial charge on any atom is -0.397 e. The van der Waals surface area contributed by atoms with E-state index in [-0.39, 0.29) is 5.91 Å². The molecule has 0 aliphatic carbocycles. The number of carbonyl (C=O) groups is 1. The van der Waals surface area contributed by atoms with Gasteiger partial charge in [-0.2, -0.15) is 0 Å². The summed E-state index contributed by atoms with van der Waals surface area (Å²) in [5.74, 6) is 0.560. The van der Waals surface area contributed by atoms with Crippen molar-refractivity contribution in [2.75, 3.05) is 29.0 Å². The molecule has 3 rings (SSSR count). The molecule has 25 heavy (non-hydrogen) atoms. The fourth-order valence-corrected chi connectivity index (χ4v) is 3.48. The molecule has 3 N–H and O–H groups in total. The molecule has 4 heteroatoms. The van der Waals surface area contributed by atoms with Crippen molar-refractivity contribution < 1.29 is 4.79 Å². The second kappa shape index (κ2) is 7.18. The van der Waals surface area contributed by atoms with E-state index in [0.29, 0.717) is 22.9 Å². The van der Waals surface area contributed by atoms with Gasteiger partial charge in [0.1, 0.15) is 0 Å². The Kier molecular flexibility index (Phi) is 4.98. The van der Waals surface area contributed by atoms with Crippen molar-refractivity contribution in [2.45, 2.75) is 33.6 Å². The molecular formula is C21H27N3O. The van der Waals surface area contributed by atoms with E-state index in [4.69, 9.17) is 5.73 Å². The molecule has 1 aliphatic rings. The summed E-state index contributed by atoms with van der Waals surface area (Å²) in [6.45, 7) is 8.48. The number of benzene rings is 2. The Morgan fingerprint density at radius 3 is 2.60 bits per heavy atom. The van der Waals surface area contributed by atoms with Crippen LogP contribution in [-0.4, -0.2) is 19.0 Å². The van der Waals surface area contributed by atoms with E-state index in [1.54, 1.807) is 0 Å². The average molecular weight is 337 g/mol. The number of nitrogens with zero attached hydrogens (tertiary/aromatic N) is 1. The van der Waals surface area contributed by atoms with Crippen LogP contribution in [0.2, 0.25) is 0 Å². The number of rotatable bonds is 3. The van der Waals surface area contributed by atoms with Crippen molar-refractivity contribution in [2.24, 2.45) is 5.92 Å². The number of carbonyl (C=O) groups excluding carboxylic acids is 1. The number of piperidine rings is 1. The second-order valence-electron chi connectivity index (χ2n) is 7.24. The summed E-state index contributed by atoms with van der Waals surface area (Å²) < 4.78 is 0. The number of hydrogen-bond acceptors (Lipinski definition) is 3. The highest BCUT2D eigenvalue weighted by Gasteiger charge is 2.19. The maximum atomic E-state index is 12.5. The lowest BCUT2D eigenvalue weighted by Gasteiger charge is -2.34. The standard InChI is InChI=1S/C21H27N3O/c1-14-6-8-17(9-7-14)21(25)23-19-12-20(16(3)11-18(19)22)24-10-4-5-15(2)13-24/h6-9,11-12,15H,4-5,10,13,22H2,1-3H3,(H,23,25)/t15-/m1/s1. The van der Waals surface area contributed by atoms with Gasteiger partial charge < -0.3 is 16.0 Å². The monoisotopic (exact) mass is 337 g/mol. The van der Waals surface area contributed by atoms with Crippen LogP contribution in [0.15, 0.2) is 36.4 Å². The van der Waals surface area contributed by atoms with Crippen molar-refractivity contribution in [1.29, 1.82) is 0 Å². The topological polar surface area (TPSA) is 58.4 Å². The SMILES string of the molecule is Cc1ccc(C(=O)Nc2cc(N3CCC[C@@H](C)C3)c(C)cc2N)cc1. The first-order valence-electron chi connectivity index (χ1n) is 8.97. The number of hydrogen-bond donors (Lipinski definition) is 2. The summed E-state index contributed by atoms with van der Waals surface area (Å²) in [5.41, 5.74) is 11.5. The first-order chi connectivity index (χ1) is 11.9. The van der Waals surface area contributed by atoms with Crippen LogP contribution in [0, 0.1) is 19.8 Å². The van der Waals surface area contributed by atoms with Gasteiger partial charge in [-0.25, -0.2) is 0 Å². The van der Waals surface area contributed by atoms with Gasteiger partial charge in [-0.05, 0) is 62.4 Å². The molecule has 1 amide bonds. The summed E-state index contributed by atoms with van der Waals surface area (Å²) in [5, 5.41) is 2.97. The van der Waals surface area contributed by atoms with E-state index in [1.165, 1.54) is 18.5 Å². The number of aryl methyl sites for hydroxylation is 2. The number of nitrogens with one attached hydrogen (secondary N) is 1. The molecule has 0 spiro atoms. The first kappa shape index (κ1) is 17.3. The minimum atomic E-state index is -0.131. The summed E-state index contributed by atoms with van der Waals surface area (Å²) >= 11 is 0. The zero-order chi connectivity index (χ0) is 18.0. The third kappa shape index (κ3) is 3.95. The lowest BCUT2D eigenvalue weighted by Crippen LogP contribution is -2.34. The Balaban J connectivity index is 1.84. The van der Waals surface area contributed by atoms with E-state index in [1.807, 2.05) is 43.3 Å². The fraction of sp³-hybridized carbons (Fsp3) is 0.381. The molecule has 132 valence electrons. The second-order valence-corrected chi connectivity index (χ2v) is 7.24. The summed E-state index contributed by atoms with van der Waals surface area (Å²) in [6.07, 6.45) is 2.48. The van der Waals surface area contributed by atoms with E-state index < -0.39 is 0 Å². The van der Waals surface area contributed by atoms with Crippen LogP contribution in [0.3, 0.4) is 0 Å². The van der Waals surface area contributed by atoms with Crippen LogP contribution in [0.1, 0.15) is 41.3 Å². The third-order valence-corrected chi connectivity index (χ3v) is 4.93. The molecule has 1 atom stereocenters. The maximum absolute atomic E-state index is 12.5. The highest BCUT2D eigenvalue weighted by Crippen LogP contribution is 2.32. The van der Waals surface area contributed by atoms with E-state index in [2.05, 4.69) is 24.1 Å². The molecule has 1 saturated heterocycles. The van der Waals surface area contributed by atoms with Crippen molar-refractivity contribution >= 4 is 23.0 Å². The Morgan fingerprint density at radius 1 is 1.20 bits per heavy atom. The predicted molar refractivity (Wildman–Crippen MR) is 105 cm³/mol. The molecular weight excluding hydrogens is 310 g/mol. The Bertz CT molecular complexity index is 767. The van der Waals surface area contributed by atoms with Gasteiger partial charge in [-0.3, -0.25) is 4.79 Å². The largest absolute Gasteiger partial charge is 0.397 e. The molecule has 2 aromatic carbocycles. The molecule has 2 aromatic rings. The van der Waals surface area contributed by atoms with Crippen molar-refractivity contribution in [3.63, 3.8) is 0 Å². The smallest absolute Gasteiger partial charge is 0.255 e. The van der Waals surface area contributed by atoms with Crippen molar-refractivity contribution in [3.05, 3.63) is 53.1 Å². The van der Waals surface area contributed by atoms with Crippen LogP contribution >= 0.6 is 0 Å². The highest BCUT2D eigenvalue weighted by atomic mass is 16.1. The molecule has 0 unspecified atom stereocenters. The van der Waals surface area contributed by atoms with E-state index >= 15 is 0 Å². The van der Waals surface area contributed by atoms with Gasteiger partial charge in [0, 0.05) is 24.3 Å². The summed E-state index contributed by atoms with van der Waals surface area (Å²) in [7, 11) is 0. The fourth-order valence-electron chi connectivity index (χ4n) is 3.48. The Morgan fingerprint density at radius 2 is 1.92 bits per heavy atom. The quantitative estimate of drug-likeness (QED) is 0.818. The Labute approximate surface area is 150 Å². The van der Waals surface area contributed by atoms with Gasteiger partial charge in [0.15, 0.2) is 0 Å². The third-order valence-electron chi connectivity index (χ3n) is 4.93. The van der Waals surface area contributed by atoms with E-state index in [0.717, 1.165) is 24.2 Å². The summed E-state index contributed by atoms with van der Waals surface area (Å²) in [4.78, 5) is 14.9. The molecule has 1 heterocycles. The molecule has 1 fully saturated rings. The molecule has 0 bridgehead atoms. The lowest BCUT2D eigenvalue weighted by molar-refractivity contribution is 0.102. The van der Waals surface area contributed by atoms with Crippen LogP contribution in [0.25, 0.3) is 0 Å². The van der Waals surface area contributed by atoms with Crippen LogP contribution < -0.4 is 16.0 Å². The van der Waals surface area contributed by atoms with Gasteiger partial charge in [-0.15, -0.1) is 0 Å². The molecule has 0 radical (unpaired) electrons. The maximum Gasteiger partial charge on any atom is 0.255 e. The molecule has 1 aliphatic heterocycles. The number of amides is 1. The van der Waals surface area contributed by atoms with Crippen molar-refractivity contribution in [3.8, 4) is 0 Å². The van der Waals surface area contributed by atoms with Gasteiger partial charge >= 0.3 is 0 Å². The lowest BCUT2D eigenvalue weighted by atomic mass is 9.98. The zero-order valence-electron chi connectivity index (χ0n) is 15.3. The predicted octanol–water partition coefficient (Wildman–Crippen LogP) is 4.37. The van der Waals surface area contributed by atoms with Crippen LogP contribution in [-0.2, 0) is 0 Å². The average Bonchev–Trinajstić information content (AvgIpc) is 2.57. The van der Waals surface area contributed by atoms with E-state index in [9.17, 15) is 4.79 Å². The number of anilines is 3. The van der Waals surface area contributed by atoms with Gasteiger partial charge in [-0.1, -0.05) is 24.6 Å². The highest BCUT2D eigenvalue weighted by molar-refractivity contribution is 6.06. The van der Waals surface area contributed by atoms with Crippen LogP contribution in [0.5, 0.6) is 0 Å². The first-order valence-corrected chi connectivity index (χ1v) is 8.97. The molecule has 4 nitrogen and oxygen atoms in total. The number of nitrogen functional groups attached to an aromatic ring is 1. The zero-order valence-corrected chi connectivity index (χ0v) is 15.3. The summed E-state index contributed by atoms with van der Waals surface area (Å²) in [6, 6.07) is 11.5. The Hall–Kier alpha value is -2.49. The molecule has 0 aromatic heterocycles.